The second-order valence-corrected chi connectivity index (χ2v) is 5.09. The van der Waals surface area contributed by atoms with E-state index in [1.807, 2.05) is 24.3 Å². The number of furan rings is 1. The van der Waals surface area contributed by atoms with Gasteiger partial charge in [0.1, 0.15) is 11.8 Å². The van der Waals surface area contributed by atoms with Crippen LogP contribution in [0.3, 0.4) is 0 Å². The Kier molecular flexibility index (Phi) is 5.18. The number of fused-ring (bicyclic) bond motifs is 1. The van der Waals surface area contributed by atoms with E-state index in [1.54, 1.807) is 0 Å². The first-order valence-electron chi connectivity index (χ1n) is 7.20. The molecular formula is C16H22N2O2. The molecular weight excluding hydrogens is 252 g/mol. The Morgan fingerprint density at radius 2 is 2.15 bits per heavy atom. The molecule has 0 saturated heterocycles. The first-order chi connectivity index (χ1) is 9.76. The maximum atomic E-state index is 12.2. The summed E-state index contributed by atoms with van der Waals surface area (Å²) in [6.45, 7) is 3.48. The second-order valence-electron chi connectivity index (χ2n) is 5.09. The summed E-state index contributed by atoms with van der Waals surface area (Å²) < 4.78 is 5.39. The summed E-state index contributed by atoms with van der Waals surface area (Å²) in [5.74, 6) is 0.375. The van der Waals surface area contributed by atoms with Crippen LogP contribution < -0.4 is 11.1 Å². The summed E-state index contributed by atoms with van der Waals surface area (Å²) in [7, 11) is 0. The van der Waals surface area contributed by atoms with Gasteiger partial charge in [-0.15, -0.1) is 0 Å². The number of carbonyl (C=O) groups is 1. The van der Waals surface area contributed by atoms with Gasteiger partial charge < -0.3 is 15.5 Å². The van der Waals surface area contributed by atoms with Crippen LogP contribution in [0.1, 0.15) is 36.5 Å². The van der Waals surface area contributed by atoms with Gasteiger partial charge in [-0.1, -0.05) is 31.5 Å². The number of para-hydroxylation sites is 1. The van der Waals surface area contributed by atoms with Crippen molar-refractivity contribution in [3.63, 3.8) is 0 Å². The molecule has 3 N–H and O–H groups in total. The van der Waals surface area contributed by atoms with Gasteiger partial charge in [-0.3, -0.25) is 4.79 Å². The van der Waals surface area contributed by atoms with Gasteiger partial charge in [-0.2, -0.15) is 0 Å². The predicted molar refractivity (Wildman–Crippen MR) is 80.6 cm³/mol. The van der Waals surface area contributed by atoms with Crippen molar-refractivity contribution in [3.05, 3.63) is 36.1 Å². The van der Waals surface area contributed by atoms with Crippen LogP contribution in [0.2, 0.25) is 0 Å². The highest BCUT2D eigenvalue weighted by Crippen LogP contribution is 2.20. The van der Waals surface area contributed by atoms with E-state index in [-0.39, 0.29) is 5.91 Å². The average molecular weight is 274 g/mol. The standard InChI is InChI=1S/C16H22N2O2/c1-2-5-12(8-9-17)10-18-16(19)14-11-20-15-7-4-3-6-13(14)15/h3-4,6-7,11-12H,2,5,8-10,17H2,1H3,(H,18,19). The largest absolute Gasteiger partial charge is 0.463 e. The fraction of sp³-hybridized carbons (Fsp3) is 0.438. The topological polar surface area (TPSA) is 68.3 Å². The lowest BCUT2D eigenvalue weighted by molar-refractivity contribution is 0.0946. The Morgan fingerprint density at radius 3 is 2.90 bits per heavy atom. The molecule has 1 aromatic heterocycles. The molecule has 108 valence electrons. The minimum atomic E-state index is -0.0759. The monoisotopic (exact) mass is 274 g/mol. The third kappa shape index (κ3) is 3.39. The average Bonchev–Trinajstić information content (AvgIpc) is 2.89. The van der Waals surface area contributed by atoms with Gasteiger partial charge in [0, 0.05) is 11.9 Å². The molecule has 0 aliphatic carbocycles. The molecule has 1 unspecified atom stereocenters. The smallest absolute Gasteiger partial charge is 0.255 e. The molecule has 2 rings (SSSR count). The summed E-state index contributed by atoms with van der Waals surface area (Å²) in [5, 5.41) is 3.85. The third-order valence-corrected chi connectivity index (χ3v) is 3.55. The second kappa shape index (κ2) is 7.10. The lowest BCUT2D eigenvalue weighted by atomic mass is 10.00. The predicted octanol–water partition coefficient (Wildman–Crippen LogP) is 2.93. The van der Waals surface area contributed by atoms with Crippen molar-refractivity contribution >= 4 is 16.9 Å². The molecule has 1 heterocycles. The number of benzene rings is 1. The van der Waals surface area contributed by atoms with Crippen LogP contribution in [-0.2, 0) is 0 Å². The Morgan fingerprint density at radius 1 is 1.35 bits per heavy atom. The van der Waals surface area contributed by atoms with Crippen molar-refractivity contribution < 1.29 is 9.21 Å². The van der Waals surface area contributed by atoms with Crippen LogP contribution >= 0.6 is 0 Å². The van der Waals surface area contributed by atoms with Gasteiger partial charge in [0.2, 0.25) is 0 Å². The van der Waals surface area contributed by atoms with Crippen LogP contribution in [0.5, 0.6) is 0 Å². The number of nitrogens with two attached hydrogens (primary N) is 1. The van der Waals surface area contributed by atoms with E-state index in [4.69, 9.17) is 10.2 Å². The zero-order valence-corrected chi connectivity index (χ0v) is 11.9. The Balaban J connectivity index is 2.01. The number of amides is 1. The number of hydrogen-bond donors (Lipinski definition) is 2. The maximum absolute atomic E-state index is 12.2. The molecule has 1 atom stereocenters. The molecule has 0 fully saturated rings. The lowest BCUT2D eigenvalue weighted by Crippen LogP contribution is -2.30. The number of nitrogens with one attached hydrogen (secondary N) is 1. The van der Waals surface area contributed by atoms with E-state index in [0.717, 1.165) is 30.2 Å². The van der Waals surface area contributed by atoms with Crippen LogP contribution in [0, 0.1) is 5.92 Å². The first-order valence-corrected chi connectivity index (χ1v) is 7.20. The Bertz CT molecular complexity index is 556. The molecule has 0 aliphatic heterocycles. The molecule has 4 heteroatoms. The lowest BCUT2D eigenvalue weighted by Gasteiger charge is -2.15. The molecule has 0 saturated carbocycles. The van der Waals surface area contributed by atoms with E-state index < -0.39 is 0 Å². The fourth-order valence-corrected chi connectivity index (χ4v) is 2.48. The van der Waals surface area contributed by atoms with Crippen LogP contribution in [0.15, 0.2) is 34.9 Å². The van der Waals surface area contributed by atoms with Crippen molar-refractivity contribution in [1.29, 1.82) is 0 Å². The van der Waals surface area contributed by atoms with Crippen LogP contribution in [0.4, 0.5) is 0 Å². The van der Waals surface area contributed by atoms with Gasteiger partial charge >= 0.3 is 0 Å². The summed E-state index contributed by atoms with van der Waals surface area (Å²) in [5.41, 5.74) is 6.95. The first kappa shape index (κ1) is 14.6. The summed E-state index contributed by atoms with van der Waals surface area (Å²) in [6.07, 6.45) is 4.66. The minimum Gasteiger partial charge on any atom is -0.463 e. The van der Waals surface area contributed by atoms with Gasteiger partial charge in [0.25, 0.3) is 5.91 Å². The number of hydrogen-bond acceptors (Lipinski definition) is 3. The quantitative estimate of drug-likeness (QED) is 0.815. The van der Waals surface area contributed by atoms with Gasteiger partial charge in [0.05, 0.1) is 5.56 Å². The fourth-order valence-electron chi connectivity index (χ4n) is 2.48. The zero-order valence-electron chi connectivity index (χ0n) is 11.9. The van der Waals surface area contributed by atoms with Crippen molar-refractivity contribution in [2.24, 2.45) is 11.7 Å². The molecule has 1 aromatic carbocycles. The van der Waals surface area contributed by atoms with Gasteiger partial charge in [0.15, 0.2) is 0 Å². The SMILES string of the molecule is CCCC(CCN)CNC(=O)c1coc2ccccc12. The molecule has 0 bridgehead atoms. The highest BCUT2D eigenvalue weighted by molar-refractivity contribution is 6.05. The van der Waals surface area contributed by atoms with Crippen molar-refractivity contribution in [3.8, 4) is 0 Å². The third-order valence-electron chi connectivity index (χ3n) is 3.55. The van der Waals surface area contributed by atoms with E-state index in [9.17, 15) is 4.79 Å². The summed E-state index contributed by atoms with van der Waals surface area (Å²) >= 11 is 0. The summed E-state index contributed by atoms with van der Waals surface area (Å²) in [6, 6.07) is 7.56. The van der Waals surface area contributed by atoms with E-state index in [0.29, 0.717) is 24.6 Å². The van der Waals surface area contributed by atoms with Gasteiger partial charge in [-0.25, -0.2) is 0 Å². The Labute approximate surface area is 119 Å². The molecule has 0 radical (unpaired) electrons. The van der Waals surface area contributed by atoms with Crippen molar-refractivity contribution in [2.45, 2.75) is 26.2 Å². The van der Waals surface area contributed by atoms with Crippen molar-refractivity contribution in [2.75, 3.05) is 13.1 Å². The number of carbonyl (C=O) groups excluding carboxylic acids is 1. The molecule has 2 aromatic rings. The molecule has 0 aliphatic rings. The minimum absolute atomic E-state index is 0.0759. The summed E-state index contributed by atoms with van der Waals surface area (Å²) in [4.78, 5) is 12.2. The Hall–Kier alpha value is -1.81. The number of rotatable bonds is 7. The molecule has 4 nitrogen and oxygen atoms in total. The normalized spacial score (nSPS) is 12.5. The maximum Gasteiger partial charge on any atom is 0.255 e. The zero-order chi connectivity index (χ0) is 14.4. The molecule has 1 amide bonds. The molecule has 0 spiro atoms. The van der Waals surface area contributed by atoms with E-state index >= 15 is 0 Å². The molecule has 20 heavy (non-hydrogen) atoms. The van der Waals surface area contributed by atoms with Crippen LogP contribution in [-0.4, -0.2) is 19.0 Å². The van der Waals surface area contributed by atoms with E-state index in [2.05, 4.69) is 12.2 Å². The highest BCUT2D eigenvalue weighted by atomic mass is 16.3. The highest BCUT2D eigenvalue weighted by Gasteiger charge is 2.15. The van der Waals surface area contributed by atoms with Crippen LogP contribution in [0.25, 0.3) is 11.0 Å². The van der Waals surface area contributed by atoms with Gasteiger partial charge in [-0.05, 0) is 31.4 Å². The van der Waals surface area contributed by atoms with Crippen molar-refractivity contribution in [1.82, 2.24) is 5.32 Å². The van der Waals surface area contributed by atoms with E-state index in [1.165, 1.54) is 6.26 Å².